The first-order valence-corrected chi connectivity index (χ1v) is 7.51. The third-order valence-electron chi connectivity index (χ3n) is 3.63. The van der Waals surface area contributed by atoms with E-state index in [2.05, 4.69) is 5.32 Å². The van der Waals surface area contributed by atoms with Gasteiger partial charge in [0.25, 0.3) is 5.91 Å². The molecule has 1 fully saturated rings. The van der Waals surface area contributed by atoms with E-state index in [4.69, 9.17) is 11.6 Å². The largest absolute Gasteiger partial charge is 0.507 e. The number of benzene rings is 1. The molecule has 0 spiro atoms. The van der Waals surface area contributed by atoms with Gasteiger partial charge in [0.05, 0.1) is 5.56 Å². The average molecular weight is 297 g/mol. The predicted octanol–water partition coefficient (Wildman–Crippen LogP) is 2.65. The number of phenolic OH excluding ortho intramolecular Hbond substituents is 1. The Morgan fingerprint density at radius 1 is 1.55 bits per heavy atom. The van der Waals surface area contributed by atoms with Crippen molar-refractivity contribution in [3.05, 3.63) is 28.8 Å². The zero-order valence-corrected chi connectivity index (χ0v) is 12.5. The van der Waals surface area contributed by atoms with Gasteiger partial charge in [-0.3, -0.25) is 4.79 Å². The summed E-state index contributed by atoms with van der Waals surface area (Å²) in [5.41, 5.74) is 0.288. The molecule has 1 atom stereocenters. The van der Waals surface area contributed by atoms with Crippen LogP contribution in [-0.2, 0) is 0 Å². The van der Waals surface area contributed by atoms with Gasteiger partial charge in [-0.2, -0.15) is 0 Å². The van der Waals surface area contributed by atoms with Crippen LogP contribution in [0.5, 0.6) is 5.75 Å². The van der Waals surface area contributed by atoms with Crippen LogP contribution in [0.3, 0.4) is 0 Å². The number of hydrogen-bond donors (Lipinski definition) is 2. The van der Waals surface area contributed by atoms with Crippen molar-refractivity contribution in [1.82, 2.24) is 10.2 Å². The van der Waals surface area contributed by atoms with Crippen LogP contribution < -0.4 is 5.32 Å². The molecule has 0 radical (unpaired) electrons. The molecule has 1 heterocycles. The second kappa shape index (κ2) is 6.95. The van der Waals surface area contributed by atoms with Gasteiger partial charge >= 0.3 is 0 Å². The number of piperidine rings is 1. The number of nitrogens with one attached hydrogen (secondary N) is 1. The molecule has 0 bridgehead atoms. The molecule has 4 nitrogen and oxygen atoms in total. The summed E-state index contributed by atoms with van der Waals surface area (Å²) in [6.45, 7) is 4.56. The number of rotatable bonds is 4. The van der Waals surface area contributed by atoms with Crippen LogP contribution in [0.2, 0.25) is 5.02 Å². The van der Waals surface area contributed by atoms with Gasteiger partial charge < -0.3 is 15.3 Å². The van der Waals surface area contributed by atoms with Gasteiger partial charge in [0.1, 0.15) is 5.75 Å². The predicted molar refractivity (Wildman–Crippen MR) is 80.3 cm³/mol. The second-order valence-corrected chi connectivity index (χ2v) is 5.60. The zero-order chi connectivity index (χ0) is 14.5. The Kier molecular flexibility index (Phi) is 5.26. The number of amides is 1. The minimum atomic E-state index is -0.138. The van der Waals surface area contributed by atoms with E-state index in [1.54, 1.807) is 6.07 Å². The fourth-order valence-electron chi connectivity index (χ4n) is 2.62. The summed E-state index contributed by atoms with van der Waals surface area (Å²) in [5, 5.41) is 13.7. The Bertz CT molecular complexity index is 473. The molecule has 1 amide bonds. The van der Waals surface area contributed by atoms with E-state index < -0.39 is 0 Å². The lowest BCUT2D eigenvalue weighted by molar-refractivity contribution is 0.0646. The minimum absolute atomic E-state index is 0.00993. The number of nitrogens with zero attached hydrogens (tertiary/aromatic N) is 1. The minimum Gasteiger partial charge on any atom is -0.507 e. The lowest BCUT2D eigenvalue weighted by atomic mass is 10.0. The molecule has 0 saturated carbocycles. The molecule has 5 heteroatoms. The first-order valence-electron chi connectivity index (χ1n) is 7.13. The molecule has 1 aromatic rings. The van der Waals surface area contributed by atoms with Crippen molar-refractivity contribution in [2.45, 2.75) is 32.2 Å². The highest BCUT2D eigenvalue weighted by molar-refractivity contribution is 6.31. The third kappa shape index (κ3) is 3.44. The van der Waals surface area contributed by atoms with Gasteiger partial charge in [0.2, 0.25) is 0 Å². The number of phenols is 1. The molecule has 1 unspecified atom stereocenters. The maximum absolute atomic E-state index is 12.7. The van der Waals surface area contributed by atoms with Gasteiger partial charge in [-0.05, 0) is 44.0 Å². The van der Waals surface area contributed by atoms with E-state index in [0.29, 0.717) is 11.6 Å². The first kappa shape index (κ1) is 15.1. The smallest absolute Gasteiger partial charge is 0.257 e. The van der Waals surface area contributed by atoms with Crippen molar-refractivity contribution in [3.8, 4) is 5.75 Å². The molecular formula is C15H21ClN2O2. The van der Waals surface area contributed by atoms with Gasteiger partial charge in [-0.25, -0.2) is 0 Å². The Balaban J connectivity index is 2.23. The van der Waals surface area contributed by atoms with E-state index in [9.17, 15) is 9.90 Å². The summed E-state index contributed by atoms with van der Waals surface area (Å²) >= 11 is 5.93. The fourth-order valence-corrected chi connectivity index (χ4v) is 2.80. The standard InChI is InChI=1S/C15H21ClN2O2/c1-2-8-18(12-4-3-7-17-10-12)15(20)13-9-11(16)5-6-14(13)19/h5-6,9,12,17,19H,2-4,7-8,10H2,1H3. The molecule has 0 aromatic heterocycles. The van der Waals surface area contributed by atoms with Gasteiger partial charge in [-0.1, -0.05) is 18.5 Å². The summed E-state index contributed by atoms with van der Waals surface area (Å²) in [4.78, 5) is 14.5. The monoisotopic (exact) mass is 296 g/mol. The number of aromatic hydroxyl groups is 1. The van der Waals surface area contributed by atoms with Crippen molar-refractivity contribution in [1.29, 1.82) is 0 Å². The molecule has 2 rings (SSSR count). The molecule has 1 aromatic carbocycles. The molecular weight excluding hydrogens is 276 g/mol. The summed E-state index contributed by atoms with van der Waals surface area (Å²) < 4.78 is 0. The van der Waals surface area contributed by atoms with Crippen molar-refractivity contribution in [2.75, 3.05) is 19.6 Å². The SMILES string of the molecule is CCCN(C(=O)c1cc(Cl)ccc1O)C1CCCNC1. The summed E-state index contributed by atoms with van der Waals surface area (Å²) in [7, 11) is 0. The van der Waals surface area contributed by atoms with Crippen molar-refractivity contribution >= 4 is 17.5 Å². The van der Waals surface area contributed by atoms with Crippen LogP contribution in [-0.4, -0.2) is 41.6 Å². The highest BCUT2D eigenvalue weighted by Gasteiger charge is 2.27. The fraction of sp³-hybridized carbons (Fsp3) is 0.533. The van der Waals surface area contributed by atoms with E-state index in [-0.39, 0.29) is 23.3 Å². The maximum atomic E-state index is 12.7. The summed E-state index contributed by atoms with van der Waals surface area (Å²) in [6, 6.07) is 4.78. The van der Waals surface area contributed by atoms with Crippen molar-refractivity contribution < 1.29 is 9.90 Å². The van der Waals surface area contributed by atoms with Crippen LogP contribution in [0, 0.1) is 0 Å². The summed E-state index contributed by atoms with van der Waals surface area (Å²) in [6.07, 6.45) is 2.96. The molecule has 20 heavy (non-hydrogen) atoms. The van der Waals surface area contributed by atoms with Gasteiger partial charge in [-0.15, -0.1) is 0 Å². The topological polar surface area (TPSA) is 52.6 Å². The van der Waals surface area contributed by atoms with Crippen molar-refractivity contribution in [2.24, 2.45) is 0 Å². The lowest BCUT2D eigenvalue weighted by Gasteiger charge is -2.34. The summed E-state index contributed by atoms with van der Waals surface area (Å²) in [5.74, 6) is -0.148. The highest BCUT2D eigenvalue weighted by atomic mass is 35.5. The third-order valence-corrected chi connectivity index (χ3v) is 3.86. The Morgan fingerprint density at radius 2 is 2.35 bits per heavy atom. The van der Waals surface area contributed by atoms with Gasteiger partial charge in [0, 0.05) is 24.2 Å². The Labute approximate surface area is 124 Å². The molecule has 1 saturated heterocycles. The Morgan fingerprint density at radius 3 is 3.00 bits per heavy atom. The molecule has 1 aliphatic heterocycles. The molecule has 2 N–H and O–H groups in total. The number of carbonyl (C=O) groups is 1. The number of hydrogen-bond acceptors (Lipinski definition) is 3. The lowest BCUT2D eigenvalue weighted by Crippen LogP contribution is -2.49. The van der Waals surface area contributed by atoms with Crippen LogP contribution in [0.1, 0.15) is 36.5 Å². The number of halogens is 1. The van der Waals surface area contributed by atoms with Crippen LogP contribution >= 0.6 is 11.6 Å². The Hall–Kier alpha value is -1.26. The number of carbonyl (C=O) groups excluding carboxylic acids is 1. The van der Waals surface area contributed by atoms with Crippen molar-refractivity contribution in [3.63, 3.8) is 0 Å². The molecule has 0 aliphatic carbocycles. The highest BCUT2D eigenvalue weighted by Crippen LogP contribution is 2.24. The van der Waals surface area contributed by atoms with E-state index in [0.717, 1.165) is 32.4 Å². The van der Waals surface area contributed by atoms with Crippen LogP contribution in [0.25, 0.3) is 0 Å². The van der Waals surface area contributed by atoms with E-state index in [1.165, 1.54) is 12.1 Å². The molecule has 110 valence electrons. The average Bonchev–Trinajstić information content (AvgIpc) is 2.47. The van der Waals surface area contributed by atoms with E-state index in [1.807, 2.05) is 11.8 Å². The van der Waals surface area contributed by atoms with Crippen LogP contribution in [0.15, 0.2) is 18.2 Å². The quantitative estimate of drug-likeness (QED) is 0.898. The normalized spacial score (nSPS) is 18.8. The van der Waals surface area contributed by atoms with Gasteiger partial charge in [0.15, 0.2) is 0 Å². The maximum Gasteiger partial charge on any atom is 0.257 e. The first-order chi connectivity index (χ1) is 9.63. The van der Waals surface area contributed by atoms with Crippen LogP contribution in [0.4, 0.5) is 0 Å². The zero-order valence-electron chi connectivity index (χ0n) is 11.7. The second-order valence-electron chi connectivity index (χ2n) is 5.16. The van der Waals surface area contributed by atoms with E-state index >= 15 is 0 Å². The molecule has 1 aliphatic rings.